The maximum atomic E-state index is 13.2. The SMILES string of the molecule is CCCCC/C=C\C/C=C\C/C=C\CCCCC(CC(=O)NC(CO)C(O)CCCCCCCCCCCCCCC)OC(=O)CCCCCCC/C=C\CCCCC. The first-order valence-electron chi connectivity index (χ1n) is 25.4. The Bertz CT molecular complexity index is 1020. The van der Waals surface area contributed by atoms with Crippen molar-refractivity contribution < 1.29 is 24.5 Å². The summed E-state index contributed by atoms with van der Waals surface area (Å²) >= 11 is 0. The molecule has 3 atom stereocenters. The van der Waals surface area contributed by atoms with E-state index < -0.39 is 18.2 Å². The number of hydrogen-bond donors (Lipinski definition) is 3. The number of esters is 1. The van der Waals surface area contributed by atoms with Gasteiger partial charge in [0.1, 0.15) is 6.10 Å². The number of carbonyl (C=O) groups excluding carboxylic acids is 2. The zero-order valence-corrected chi connectivity index (χ0v) is 39.1. The second-order valence-corrected chi connectivity index (χ2v) is 17.2. The third kappa shape index (κ3) is 42.3. The van der Waals surface area contributed by atoms with Crippen LogP contribution in [0.3, 0.4) is 0 Å². The van der Waals surface area contributed by atoms with E-state index in [2.05, 4.69) is 74.7 Å². The molecule has 1 amide bonds. The number of aliphatic hydroxyl groups is 2. The first kappa shape index (κ1) is 56.8. The summed E-state index contributed by atoms with van der Waals surface area (Å²) in [5, 5.41) is 23.7. The Labute approximate surface area is 366 Å². The number of ether oxygens (including phenoxy) is 1. The fraction of sp³-hybridized carbons (Fsp3) is 0.811. The molecule has 59 heavy (non-hydrogen) atoms. The van der Waals surface area contributed by atoms with Crippen LogP contribution in [0.4, 0.5) is 0 Å². The predicted molar refractivity (Wildman–Crippen MR) is 255 cm³/mol. The van der Waals surface area contributed by atoms with Crippen molar-refractivity contribution in [2.75, 3.05) is 6.61 Å². The summed E-state index contributed by atoms with van der Waals surface area (Å²) in [6, 6.07) is -0.714. The van der Waals surface area contributed by atoms with Gasteiger partial charge in [0.25, 0.3) is 0 Å². The van der Waals surface area contributed by atoms with Gasteiger partial charge >= 0.3 is 5.97 Å². The van der Waals surface area contributed by atoms with Crippen LogP contribution >= 0.6 is 0 Å². The predicted octanol–water partition coefficient (Wildman–Crippen LogP) is 15.1. The van der Waals surface area contributed by atoms with Gasteiger partial charge in [-0.05, 0) is 89.9 Å². The smallest absolute Gasteiger partial charge is 0.306 e. The first-order chi connectivity index (χ1) is 29.0. The van der Waals surface area contributed by atoms with E-state index in [1.54, 1.807) is 0 Å². The molecule has 0 aromatic carbocycles. The minimum absolute atomic E-state index is 0.0490. The van der Waals surface area contributed by atoms with Gasteiger partial charge in [-0.2, -0.15) is 0 Å². The van der Waals surface area contributed by atoms with E-state index in [1.165, 1.54) is 128 Å². The molecular weight excluding hydrogens is 731 g/mol. The lowest BCUT2D eigenvalue weighted by Crippen LogP contribution is -2.46. The molecule has 0 saturated carbocycles. The quantitative estimate of drug-likeness (QED) is 0.0323. The van der Waals surface area contributed by atoms with Crippen molar-refractivity contribution in [3.8, 4) is 0 Å². The van der Waals surface area contributed by atoms with Crippen molar-refractivity contribution >= 4 is 11.9 Å². The van der Waals surface area contributed by atoms with E-state index in [-0.39, 0.29) is 24.9 Å². The van der Waals surface area contributed by atoms with Crippen LogP contribution in [0.15, 0.2) is 48.6 Å². The topological polar surface area (TPSA) is 95.9 Å². The van der Waals surface area contributed by atoms with Crippen LogP contribution in [-0.2, 0) is 14.3 Å². The Morgan fingerprint density at radius 2 is 0.864 bits per heavy atom. The monoisotopic (exact) mass is 828 g/mol. The van der Waals surface area contributed by atoms with E-state index in [0.29, 0.717) is 19.3 Å². The summed E-state index contributed by atoms with van der Waals surface area (Å²) in [5.74, 6) is -0.519. The first-order valence-corrected chi connectivity index (χ1v) is 25.4. The Morgan fingerprint density at radius 1 is 0.492 bits per heavy atom. The lowest BCUT2D eigenvalue weighted by atomic mass is 10.0. The van der Waals surface area contributed by atoms with Gasteiger partial charge in [0.15, 0.2) is 0 Å². The van der Waals surface area contributed by atoms with E-state index in [0.717, 1.165) is 77.0 Å². The average Bonchev–Trinajstić information content (AvgIpc) is 3.23. The lowest BCUT2D eigenvalue weighted by molar-refractivity contribution is -0.151. The summed E-state index contributed by atoms with van der Waals surface area (Å²) < 4.78 is 5.90. The van der Waals surface area contributed by atoms with Gasteiger partial charge < -0.3 is 20.3 Å². The molecule has 6 heteroatoms. The summed E-state index contributed by atoms with van der Waals surface area (Å²) in [5.41, 5.74) is 0. The molecule has 344 valence electrons. The number of aliphatic hydroxyl groups excluding tert-OH is 2. The third-order valence-corrected chi connectivity index (χ3v) is 11.4. The highest BCUT2D eigenvalue weighted by Crippen LogP contribution is 2.17. The number of unbranched alkanes of at least 4 members (excludes halogenated alkanes) is 25. The van der Waals surface area contributed by atoms with Gasteiger partial charge in [0, 0.05) is 6.42 Å². The highest BCUT2D eigenvalue weighted by molar-refractivity contribution is 5.77. The van der Waals surface area contributed by atoms with Crippen LogP contribution in [0, 0.1) is 0 Å². The van der Waals surface area contributed by atoms with Gasteiger partial charge in [-0.25, -0.2) is 0 Å². The molecule has 0 aliphatic carbocycles. The normalized spacial score (nSPS) is 13.6. The zero-order valence-electron chi connectivity index (χ0n) is 39.1. The number of hydrogen-bond acceptors (Lipinski definition) is 5. The van der Waals surface area contributed by atoms with Crippen LogP contribution < -0.4 is 5.32 Å². The van der Waals surface area contributed by atoms with Crippen LogP contribution in [-0.4, -0.2) is 46.9 Å². The molecule has 0 rings (SSSR count). The van der Waals surface area contributed by atoms with Crippen LogP contribution in [0.5, 0.6) is 0 Å². The molecule has 3 unspecified atom stereocenters. The van der Waals surface area contributed by atoms with Crippen molar-refractivity contribution in [3.05, 3.63) is 48.6 Å². The molecule has 0 aliphatic heterocycles. The van der Waals surface area contributed by atoms with E-state index in [1.807, 2.05) is 0 Å². The van der Waals surface area contributed by atoms with Gasteiger partial charge in [-0.1, -0.05) is 198 Å². The maximum absolute atomic E-state index is 13.2. The Kier molecular flexibility index (Phi) is 45.1. The lowest BCUT2D eigenvalue weighted by Gasteiger charge is -2.24. The van der Waals surface area contributed by atoms with Gasteiger partial charge in [0.2, 0.25) is 5.91 Å². The number of amides is 1. The molecule has 0 aromatic heterocycles. The van der Waals surface area contributed by atoms with Gasteiger partial charge in [-0.15, -0.1) is 0 Å². The highest BCUT2D eigenvalue weighted by atomic mass is 16.5. The molecule has 0 heterocycles. The molecule has 0 saturated heterocycles. The molecular formula is C53H97NO5. The van der Waals surface area contributed by atoms with Crippen molar-refractivity contribution in [1.82, 2.24) is 5.32 Å². The fourth-order valence-corrected chi connectivity index (χ4v) is 7.49. The number of allylic oxidation sites excluding steroid dienone is 8. The summed E-state index contributed by atoms with van der Waals surface area (Å²) in [4.78, 5) is 26.1. The van der Waals surface area contributed by atoms with E-state index in [9.17, 15) is 19.8 Å². The van der Waals surface area contributed by atoms with Crippen molar-refractivity contribution in [2.24, 2.45) is 0 Å². The molecule has 0 aliphatic rings. The molecule has 3 N–H and O–H groups in total. The number of carbonyl (C=O) groups is 2. The fourth-order valence-electron chi connectivity index (χ4n) is 7.49. The largest absolute Gasteiger partial charge is 0.462 e. The minimum atomic E-state index is -0.798. The summed E-state index contributed by atoms with van der Waals surface area (Å²) in [7, 11) is 0. The molecule has 0 fully saturated rings. The van der Waals surface area contributed by atoms with Gasteiger partial charge in [0.05, 0.1) is 25.2 Å². The van der Waals surface area contributed by atoms with Crippen molar-refractivity contribution in [1.29, 1.82) is 0 Å². The van der Waals surface area contributed by atoms with Crippen LogP contribution in [0.2, 0.25) is 0 Å². The zero-order chi connectivity index (χ0) is 43.1. The highest BCUT2D eigenvalue weighted by Gasteiger charge is 2.24. The standard InChI is InChI=1S/C53H97NO5/c1-4-7-10-13-16-19-22-25-26-28-29-32-35-38-41-44-49(59-53(58)46-43-40-37-34-31-24-21-18-15-12-9-6-3)47-52(57)54-50(48-55)51(56)45-42-39-36-33-30-27-23-20-17-14-11-8-5-2/h16,18-19,21,25-26,29,32,49-51,55-56H,4-15,17,20,22-24,27-28,30-31,33-48H2,1-3H3,(H,54,57)/b19-16-,21-18-,26-25-,32-29-. The molecule has 6 nitrogen and oxygen atoms in total. The maximum Gasteiger partial charge on any atom is 0.306 e. The van der Waals surface area contributed by atoms with Crippen molar-refractivity contribution in [3.63, 3.8) is 0 Å². The minimum Gasteiger partial charge on any atom is -0.462 e. The Hall–Kier alpha value is -2.18. The second kappa shape index (κ2) is 46.9. The summed E-state index contributed by atoms with van der Waals surface area (Å²) in [6.45, 7) is 6.42. The number of rotatable bonds is 45. The van der Waals surface area contributed by atoms with E-state index >= 15 is 0 Å². The van der Waals surface area contributed by atoms with Crippen molar-refractivity contribution in [2.45, 2.75) is 270 Å². The summed E-state index contributed by atoms with van der Waals surface area (Å²) in [6.07, 6.45) is 55.9. The second-order valence-electron chi connectivity index (χ2n) is 17.2. The van der Waals surface area contributed by atoms with Gasteiger partial charge in [-0.3, -0.25) is 9.59 Å². The molecule has 0 aromatic rings. The van der Waals surface area contributed by atoms with Crippen LogP contribution in [0.1, 0.15) is 252 Å². The average molecular weight is 828 g/mol. The van der Waals surface area contributed by atoms with E-state index in [4.69, 9.17) is 4.74 Å². The molecule has 0 radical (unpaired) electrons. The van der Waals surface area contributed by atoms with Crippen LogP contribution in [0.25, 0.3) is 0 Å². The Balaban J connectivity index is 4.66. The third-order valence-electron chi connectivity index (χ3n) is 11.4. The number of nitrogens with one attached hydrogen (secondary N) is 1. The Morgan fingerprint density at radius 3 is 1.37 bits per heavy atom. The molecule has 0 bridgehead atoms. The molecule has 0 spiro atoms.